The Labute approximate surface area is 104 Å². The third-order valence-electron chi connectivity index (χ3n) is 2.29. The van der Waals surface area contributed by atoms with Gasteiger partial charge in [-0.2, -0.15) is 0 Å². The van der Waals surface area contributed by atoms with E-state index in [9.17, 15) is 9.59 Å². The number of carbonyl (C=O) groups is 1. The van der Waals surface area contributed by atoms with Gasteiger partial charge in [-0.1, -0.05) is 6.92 Å². The standard InChI is InChI=1S/C12H15NO3S/c1-4-9-5-11(14)13-6-10(12(15)16-3)17-7-8(9)2/h5-7H,4H2,1-3H3,(H,13,14). The van der Waals surface area contributed by atoms with Crippen molar-refractivity contribution in [2.24, 2.45) is 0 Å². The molecule has 0 bridgehead atoms. The summed E-state index contributed by atoms with van der Waals surface area (Å²) < 4.78 is 4.62. The number of methoxy groups -OCH3 is 1. The summed E-state index contributed by atoms with van der Waals surface area (Å²) in [6.07, 6.45) is 2.14. The predicted molar refractivity (Wildman–Crippen MR) is 68.0 cm³/mol. The Morgan fingerprint density at radius 3 is 2.82 bits per heavy atom. The molecule has 1 heterocycles. The molecule has 0 aliphatic carbocycles. The van der Waals surface area contributed by atoms with Crippen LogP contribution in [-0.2, 0) is 11.2 Å². The minimum absolute atomic E-state index is 0.237. The van der Waals surface area contributed by atoms with Crippen LogP contribution in [0, 0.1) is 6.92 Å². The number of esters is 1. The lowest BCUT2D eigenvalue weighted by molar-refractivity contribution is 0.0606. The van der Waals surface area contributed by atoms with E-state index in [-0.39, 0.29) is 5.56 Å². The summed E-state index contributed by atoms with van der Waals surface area (Å²) in [4.78, 5) is 25.8. The van der Waals surface area contributed by atoms with Crippen molar-refractivity contribution >= 4 is 17.3 Å². The Balaban J connectivity index is 3.50. The number of H-pyrrole nitrogens is 1. The molecule has 0 atom stereocenters. The van der Waals surface area contributed by atoms with Gasteiger partial charge in [0.25, 0.3) is 0 Å². The molecule has 1 aromatic rings. The maximum absolute atomic E-state index is 11.5. The Morgan fingerprint density at radius 1 is 1.53 bits per heavy atom. The molecule has 1 aromatic heterocycles. The molecule has 92 valence electrons. The molecule has 1 rings (SSSR count). The summed E-state index contributed by atoms with van der Waals surface area (Å²) in [5.74, 6) is -0.459. The molecule has 0 aromatic carbocycles. The van der Waals surface area contributed by atoms with Crippen LogP contribution >= 0.6 is 11.3 Å². The van der Waals surface area contributed by atoms with E-state index in [1.54, 1.807) is 6.07 Å². The van der Waals surface area contributed by atoms with Gasteiger partial charge in [0.15, 0.2) is 0 Å². The van der Waals surface area contributed by atoms with E-state index in [0.717, 1.165) is 17.5 Å². The molecule has 0 saturated heterocycles. The predicted octanol–water partition coefficient (Wildman–Crippen LogP) is 2.22. The number of rotatable bonds is 2. The zero-order valence-electron chi connectivity index (χ0n) is 10.1. The average Bonchev–Trinajstić information content (AvgIpc) is 2.40. The number of carbonyl (C=O) groups excluding carboxylic acids is 1. The molecule has 0 fully saturated rings. The summed E-state index contributed by atoms with van der Waals surface area (Å²) in [5, 5.41) is 1.85. The Bertz CT molecular complexity index is 515. The smallest absolute Gasteiger partial charge is 0.349 e. The molecule has 0 unspecified atom stereocenters. The Hall–Kier alpha value is -1.62. The topological polar surface area (TPSA) is 59.2 Å². The highest BCUT2D eigenvalue weighted by Gasteiger charge is 2.03. The van der Waals surface area contributed by atoms with Gasteiger partial charge >= 0.3 is 5.97 Å². The van der Waals surface area contributed by atoms with E-state index < -0.39 is 5.97 Å². The van der Waals surface area contributed by atoms with Gasteiger partial charge < -0.3 is 9.72 Å². The van der Waals surface area contributed by atoms with Crippen molar-refractivity contribution in [1.82, 2.24) is 4.98 Å². The lowest BCUT2D eigenvalue weighted by Gasteiger charge is -1.95. The maximum atomic E-state index is 11.5. The second-order valence-electron chi connectivity index (χ2n) is 3.45. The molecule has 17 heavy (non-hydrogen) atoms. The van der Waals surface area contributed by atoms with Crippen molar-refractivity contribution in [3.63, 3.8) is 0 Å². The monoisotopic (exact) mass is 253 g/mol. The van der Waals surface area contributed by atoms with Crippen LogP contribution < -0.4 is 5.56 Å². The number of nitrogens with one attached hydrogen (secondary N) is 1. The average molecular weight is 253 g/mol. The lowest BCUT2D eigenvalue weighted by atomic mass is 10.1. The summed E-state index contributed by atoms with van der Waals surface area (Å²) in [6.45, 7) is 3.89. The van der Waals surface area contributed by atoms with Crippen LogP contribution in [0.5, 0.6) is 0 Å². The summed E-state index contributed by atoms with van der Waals surface area (Å²) >= 11 is 1.24. The number of hydrogen-bond donors (Lipinski definition) is 1. The van der Waals surface area contributed by atoms with Gasteiger partial charge in [-0.05, 0) is 29.9 Å². The fourth-order valence-corrected chi connectivity index (χ4v) is 2.06. The molecule has 5 heteroatoms. The lowest BCUT2D eigenvalue weighted by Crippen LogP contribution is -2.03. The summed E-state index contributed by atoms with van der Waals surface area (Å²) in [6, 6.07) is 1.54. The minimum Gasteiger partial charge on any atom is -0.465 e. The summed E-state index contributed by atoms with van der Waals surface area (Å²) in [7, 11) is 1.31. The van der Waals surface area contributed by atoms with Gasteiger partial charge in [-0.15, -0.1) is 11.3 Å². The number of aromatic nitrogens is 1. The van der Waals surface area contributed by atoms with Crippen LogP contribution in [0.2, 0.25) is 0 Å². The van der Waals surface area contributed by atoms with Crippen molar-refractivity contribution in [2.75, 3.05) is 7.11 Å². The van der Waals surface area contributed by atoms with E-state index >= 15 is 0 Å². The first-order valence-corrected chi connectivity index (χ1v) is 6.09. The normalized spacial score (nSPS) is 9.59. The zero-order chi connectivity index (χ0) is 12.8. The maximum Gasteiger partial charge on any atom is 0.349 e. The number of hydrogen-bond acceptors (Lipinski definition) is 4. The summed E-state index contributed by atoms with van der Waals surface area (Å²) in [5.41, 5.74) is 1.69. The third-order valence-corrected chi connectivity index (χ3v) is 3.30. The van der Waals surface area contributed by atoms with Gasteiger partial charge in [-0.3, -0.25) is 4.79 Å². The largest absolute Gasteiger partial charge is 0.465 e. The van der Waals surface area contributed by atoms with Crippen molar-refractivity contribution < 1.29 is 9.53 Å². The van der Waals surface area contributed by atoms with Gasteiger partial charge in [-0.25, -0.2) is 4.79 Å². The molecule has 0 amide bonds. The molecular weight excluding hydrogens is 238 g/mol. The fourth-order valence-electron chi connectivity index (χ4n) is 1.30. The van der Waals surface area contributed by atoms with E-state index in [1.165, 1.54) is 24.6 Å². The molecule has 0 aliphatic rings. The minimum atomic E-state index is -0.459. The fraction of sp³-hybridized carbons (Fsp3) is 0.333. The van der Waals surface area contributed by atoms with Crippen LogP contribution in [0.25, 0.3) is 0 Å². The first kappa shape index (κ1) is 13.4. The molecular formula is C12H15NO3S. The Kier molecular flexibility index (Phi) is 4.90. The SMILES string of the molecule is CCc1cc(=O)[nH]cc(C(=O)OC)scc1C. The first-order chi connectivity index (χ1) is 8.08. The van der Waals surface area contributed by atoms with Gasteiger partial charge in [0, 0.05) is 12.3 Å². The van der Waals surface area contributed by atoms with Crippen LogP contribution in [0.15, 0.2) is 22.4 Å². The molecule has 4 nitrogen and oxygen atoms in total. The van der Waals surface area contributed by atoms with Crippen LogP contribution in [0.4, 0.5) is 0 Å². The zero-order valence-corrected chi connectivity index (χ0v) is 10.9. The van der Waals surface area contributed by atoms with Crippen LogP contribution in [0.1, 0.15) is 27.7 Å². The number of ether oxygens (including phenoxy) is 1. The van der Waals surface area contributed by atoms with E-state index in [1.807, 2.05) is 19.2 Å². The van der Waals surface area contributed by atoms with E-state index in [4.69, 9.17) is 0 Å². The second-order valence-corrected chi connectivity index (χ2v) is 4.36. The van der Waals surface area contributed by atoms with Crippen molar-refractivity contribution in [1.29, 1.82) is 0 Å². The number of aromatic amines is 1. The molecule has 0 spiro atoms. The second kappa shape index (κ2) is 6.20. The van der Waals surface area contributed by atoms with E-state index in [0.29, 0.717) is 4.88 Å². The quantitative estimate of drug-likeness (QED) is 0.822. The van der Waals surface area contributed by atoms with Crippen molar-refractivity contribution in [3.05, 3.63) is 44.0 Å². The van der Waals surface area contributed by atoms with Crippen LogP contribution in [0.3, 0.4) is 0 Å². The molecule has 0 aliphatic heterocycles. The molecule has 1 N–H and O–H groups in total. The Morgan fingerprint density at radius 2 is 2.24 bits per heavy atom. The first-order valence-electron chi connectivity index (χ1n) is 5.21. The number of aryl methyl sites for hydroxylation is 2. The van der Waals surface area contributed by atoms with Gasteiger partial charge in [0.05, 0.1) is 7.11 Å². The van der Waals surface area contributed by atoms with Crippen molar-refractivity contribution in [3.8, 4) is 0 Å². The van der Waals surface area contributed by atoms with E-state index in [2.05, 4.69) is 9.72 Å². The highest BCUT2D eigenvalue weighted by atomic mass is 32.1. The highest BCUT2D eigenvalue weighted by Crippen LogP contribution is 2.09. The van der Waals surface area contributed by atoms with Gasteiger partial charge in [0.1, 0.15) is 4.88 Å². The third kappa shape index (κ3) is 3.71. The molecule has 0 saturated carbocycles. The molecule has 0 radical (unpaired) electrons. The highest BCUT2D eigenvalue weighted by molar-refractivity contribution is 7.11. The van der Waals surface area contributed by atoms with Crippen molar-refractivity contribution in [2.45, 2.75) is 20.3 Å². The van der Waals surface area contributed by atoms with Crippen LogP contribution in [-0.4, -0.2) is 18.1 Å². The van der Waals surface area contributed by atoms with Gasteiger partial charge in [0.2, 0.25) is 5.56 Å².